The number of pyridine rings is 1. The lowest BCUT2D eigenvalue weighted by molar-refractivity contribution is -0.123. The molecule has 21 heavy (non-hydrogen) atoms. The van der Waals surface area contributed by atoms with E-state index in [9.17, 15) is 4.79 Å². The molecule has 0 aliphatic rings. The van der Waals surface area contributed by atoms with E-state index >= 15 is 0 Å². The van der Waals surface area contributed by atoms with E-state index in [0.29, 0.717) is 13.0 Å². The number of carbonyl (C=O) groups is 1. The molecule has 2 heterocycles. The maximum absolute atomic E-state index is 11.9. The van der Waals surface area contributed by atoms with Gasteiger partial charge in [-0.1, -0.05) is 20.8 Å². The Kier molecular flexibility index (Phi) is 4.40. The van der Waals surface area contributed by atoms with Gasteiger partial charge in [0.1, 0.15) is 0 Å². The van der Waals surface area contributed by atoms with Crippen LogP contribution in [0.15, 0.2) is 30.6 Å². The van der Waals surface area contributed by atoms with Gasteiger partial charge in [-0.3, -0.25) is 14.5 Å². The molecule has 5 heteroatoms. The monoisotopic (exact) mass is 286 g/mol. The second-order valence-electron chi connectivity index (χ2n) is 6.40. The molecule has 0 unspecified atom stereocenters. The topological polar surface area (TPSA) is 59.8 Å². The van der Waals surface area contributed by atoms with Gasteiger partial charge in [0.25, 0.3) is 0 Å². The quantitative estimate of drug-likeness (QED) is 0.939. The summed E-state index contributed by atoms with van der Waals surface area (Å²) in [7, 11) is 1.88. The zero-order chi connectivity index (χ0) is 15.5. The SMILES string of the molecule is Cn1nc(-c2cccnc2)cc1CNC(=O)CC(C)(C)C. The van der Waals surface area contributed by atoms with Crippen LogP contribution in [-0.4, -0.2) is 20.7 Å². The Hall–Kier alpha value is -2.17. The summed E-state index contributed by atoms with van der Waals surface area (Å²) in [5.41, 5.74) is 2.80. The van der Waals surface area contributed by atoms with E-state index in [-0.39, 0.29) is 11.3 Å². The first kappa shape index (κ1) is 15.2. The maximum Gasteiger partial charge on any atom is 0.220 e. The van der Waals surface area contributed by atoms with Gasteiger partial charge in [0, 0.05) is 31.4 Å². The second kappa shape index (κ2) is 6.08. The predicted octanol–water partition coefficient (Wildman–Crippen LogP) is 2.53. The lowest BCUT2D eigenvalue weighted by Gasteiger charge is -2.17. The minimum absolute atomic E-state index is 0.00257. The summed E-state index contributed by atoms with van der Waals surface area (Å²) < 4.78 is 1.79. The van der Waals surface area contributed by atoms with Gasteiger partial charge in [0.2, 0.25) is 5.91 Å². The molecule has 0 saturated carbocycles. The molecule has 0 bridgehead atoms. The third kappa shape index (κ3) is 4.41. The van der Waals surface area contributed by atoms with Crippen LogP contribution >= 0.6 is 0 Å². The van der Waals surface area contributed by atoms with Crippen molar-refractivity contribution in [3.63, 3.8) is 0 Å². The molecule has 0 aliphatic heterocycles. The normalized spacial score (nSPS) is 11.4. The van der Waals surface area contributed by atoms with E-state index in [1.807, 2.05) is 25.2 Å². The highest BCUT2D eigenvalue weighted by Crippen LogP contribution is 2.19. The highest BCUT2D eigenvalue weighted by atomic mass is 16.1. The van der Waals surface area contributed by atoms with Crippen molar-refractivity contribution >= 4 is 5.91 Å². The smallest absolute Gasteiger partial charge is 0.220 e. The second-order valence-corrected chi connectivity index (χ2v) is 6.40. The average molecular weight is 286 g/mol. The molecule has 112 valence electrons. The molecule has 0 saturated heterocycles. The van der Waals surface area contributed by atoms with E-state index in [0.717, 1.165) is 17.0 Å². The molecule has 0 fully saturated rings. The van der Waals surface area contributed by atoms with Crippen molar-refractivity contribution < 1.29 is 4.79 Å². The molecule has 2 aromatic rings. The number of nitrogens with zero attached hydrogens (tertiary/aromatic N) is 3. The number of aryl methyl sites for hydroxylation is 1. The molecule has 2 aromatic heterocycles. The van der Waals surface area contributed by atoms with Gasteiger partial charge in [-0.25, -0.2) is 0 Å². The fourth-order valence-corrected chi connectivity index (χ4v) is 2.06. The summed E-state index contributed by atoms with van der Waals surface area (Å²) >= 11 is 0. The lowest BCUT2D eigenvalue weighted by atomic mass is 9.92. The molecule has 0 atom stereocenters. The molecule has 0 spiro atoms. The van der Waals surface area contributed by atoms with Gasteiger partial charge in [-0.2, -0.15) is 5.10 Å². The van der Waals surface area contributed by atoms with Gasteiger partial charge in [-0.05, 0) is 23.6 Å². The van der Waals surface area contributed by atoms with Crippen LogP contribution in [0, 0.1) is 5.41 Å². The summed E-state index contributed by atoms with van der Waals surface area (Å²) in [5, 5.41) is 7.40. The van der Waals surface area contributed by atoms with Crippen LogP contribution in [0.3, 0.4) is 0 Å². The van der Waals surface area contributed by atoms with Crippen molar-refractivity contribution in [3.05, 3.63) is 36.3 Å². The molecule has 0 aliphatic carbocycles. The average Bonchev–Trinajstić information content (AvgIpc) is 2.77. The minimum Gasteiger partial charge on any atom is -0.350 e. The summed E-state index contributed by atoms with van der Waals surface area (Å²) in [6.07, 6.45) is 4.03. The van der Waals surface area contributed by atoms with Crippen molar-refractivity contribution in [3.8, 4) is 11.3 Å². The van der Waals surface area contributed by atoms with E-state index in [4.69, 9.17) is 0 Å². The van der Waals surface area contributed by atoms with Gasteiger partial charge >= 0.3 is 0 Å². The first-order valence-electron chi connectivity index (χ1n) is 7.05. The molecule has 2 rings (SSSR count). The largest absolute Gasteiger partial charge is 0.350 e. The molecule has 0 radical (unpaired) electrons. The van der Waals surface area contributed by atoms with Crippen molar-refractivity contribution in [2.45, 2.75) is 33.7 Å². The van der Waals surface area contributed by atoms with Gasteiger partial charge in [-0.15, -0.1) is 0 Å². The van der Waals surface area contributed by atoms with Gasteiger partial charge < -0.3 is 5.32 Å². The molecule has 1 amide bonds. The number of nitrogens with one attached hydrogen (secondary N) is 1. The summed E-state index contributed by atoms with van der Waals surface area (Å²) in [4.78, 5) is 16.0. The summed E-state index contributed by atoms with van der Waals surface area (Å²) in [6, 6.07) is 5.83. The number of aromatic nitrogens is 3. The van der Waals surface area contributed by atoms with E-state index in [2.05, 4.69) is 36.2 Å². The first-order chi connectivity index (χ1) is 9.85. The lowest BCUT2D eigenvalue weighted by Crippen LogP contribution is -2.27. The summed E-state index contributed by atoms with van der Waals surface area (Å²) in [5.74, 6) is 0.0617. The molecular weight excluding hydrogens is 264 g/mol. The van der Waals surface area contributed by atoms with Crippen LogP contribution in [0.5, 0.6) is 0 Å². The van der Waals surface area contributed by atoms with Crippen LogP contribution < -0.4 is 5.32 Å². The van der Waals surface area contributed by atoms with E-state index in [1.54, 1.807) is 17.1 Å². The third-order valence-electron chi connectivity index (χ3n) is 3.09. The Bertz CT molecular complexity index is 611. The number of hydrogen-bond acceptors (Lipinski definition) is 3. The maximum atomic E-state index is 11.9. The molecule has 5 nitrogen and oxygen atoms in total. The third-order valence-corrected chi connectivity index (χ3v) is 3.09. The fraction of sp³-hybridized carbons (Fsp3) is 0.438. The van der Waals surface area contributed by atoms with Crippen LogP contribution in [0.25, 0.3) is 11.3 Å². The fourth-order valence-electron chi connectivity index (χ4n) is 2.06. The van der Waals surface area contributed by atoms with Crippen LogP contribution in [0.2, 0.25) is 0 Å². The Balaban J connectivity index is 2.02. The van der Waals surface area contributed by atoms with Crippen molar-refractivity contribution in [2.24, 2.45) is 12.5 Å². The van der Waals surface area contributed by atoms with Crippen LogP contribution in [0.4, 0.5) is 0 Å². The number of rotatable bonds is 4. The van der Waals surface area contributed by atoms with Crippen LogP contribution in [-0.2, 0) is 18.4 Å². The molecular formula is C16H22N4O. The first-order valence-corrected chi connectivity index (χ1v) is 7.05. The number of carbonyl (C=O) groups excluding carboxylic acids is 1. The number of hydrogen-bond donors (Lipinski definition) is 1. The highest BCUT2D eigenvalue weighted by Gasteiger charge is 2.16. The van der Waals surface area contributed by atoms with Crippen LogP contribution in [0.1, 0.15) is 32.9 Å². The zero-order valence-corrected chi connectivity index (χ0v) is 13.1. The Morgan fingerprint density at radius 3 is 2.76 bits per heavy atom. The molecule has 0 aromatic carbocycles. The van der Waals surface area contributed by atoms with Gasteiger partial charge in [0.05, 0.1) is 17.9 Å². The predicted molar refractivity (Wildman–Crippen MR) is 82.4 cm³/mol. The van der Waals surface area contributed by atoms with E-state index in [1.165, 1.54) is 0 Å². The Labute approximate surface area is 125 Å². The Morgan fingerprint density at radius 2 is 2.14 bits per heavy atom. The Morgan fingerprint density at radius 1 is 1.38 bits per heavy atom. The highest BCUT2D eigenvalue weighted by molar-refractivity contribution is 5.76. The number of amides is 1. The zero-order valence-electron chi connectivity index (χ0n) is 13.1. The standard InChI is InChI=1S/C16H22N4O/c1-16(2,3)9-15(21)18-11-13-8-14(19-20(13)4)12-6-5-7-17-10-12/h5-8,10H,9,11H2,1-4H3,(H,18,21). The van der Waals surface area contributed by atoms with Crippen molar-refractivity contribution in [2.75, 3.05) is 0 Å². The van der Waals surface area contributed by atoms with E-state index < -0.39 is 0 Å². The van der Waals surface area contributed by atoms with Crippen molar-refractivity contribution in [1.82, 2.24) is 20.1 Å². The van der Waals surface area contributed by atoms with Crippen molar-refractivity contribution in [1.29, 1.82) is 0 Å². The minimum atomic E-state index is -0.00257. The summed E-state index contributed by atoms with van der Waals surface area (Å²) in [6.45, 7) is 6.64. The molecule has 1 N–H and O–H groups in total. The van der Waals surface area contributed by atoms with Gasteiger partial charge in [0.15, 0.2) is 0 Å².